The number of amides is 2. The van der Waals surface area contributed by atoms with Crippen LogP contribution in [-0.4, -0.2) is 50.0 Å². The summed E-state index contributed by atoms with van der Waals surface area (Å²) in [6.07, 6.45) is 12.9. The van der Waals surface area contributed by atoms with Crippen molar-refractivity contribution >= 4 is 50.7 Å². The zero-order valence-electron chi connectivity index (χ0n) is 28.7. The molecular weight excluding hydrogens is 689 g/mol. The van der Waals surface area contributed by atoms with Crippen LogP contribution in [0.25, 0.3) is 0 Å². The molecule has 2 amide bonds. The number of hydrogen-bond acceptors (Lipinski definition) is 4. The van der Waals surface area contributed by atoms with Crippen molar-refractivity contribution in [1.82, 2.24) is 10.2 Å². The Morgan fingerprint density at radius 1 is 0.840 bits per heavy atom. The van der Waals surface area contributed by atoms with Crippen LogP contribution in [0.5, 0.6) is 0 Å². The number of benzene rings is 3. The van der Waals surface area contributed by atoms with E-state index in [9.17, 15) is 18.0 Å². The molecule has 4 bridgehead atoms. The minimum atomic E-state index is -3.88. The molecule has 5 aliphatic carbocycles. The molecule has 266 valence electrons. The smallest absolute Gasteiger partial charge is 0.244 e. The van der Waals surface area contributed by atoms with Crippen LogP contribution in [0.2, 0.25) is 10.0 Å². The van der Waals surface area contributed by atoms with Crippen LogP contribution in [0.1, 0.15) is 80.9 Å². The summed E-state index contributed by atoms with van der Waals surface area (Å²) < 4.78 is 28.0. The normalized spacial score (nSPS) is 25.0. The van der Waals surface area contributed by atoms with Crippen LogP contribution in [0.15, 0.2) is 72.8 Å². The largest absolute Gasteiger partial charge is 0.352 e. The van der Waals surface area contributed by atoms with Crippen LogP contribution in [0.3, 0.4) is 0 Å². The van der Waals surface area contributed by atoms with Gasteiger partial charge in [-0.1, -0.05) is 84.6 Å². The summed E-state index contributed by atoms with van der Waals surface area (Å²) >= 11 is 13.3. The van der Waals surface area contributed by atoms with Gasteiger partial charge >= 0.3 is 0 Å². The Morgan fingerprint density at radius 2 is 1.42 bits per heavy atom. The Morgan fingerprint density at radius 3 is 1.98 bits per heavy atom. The van der Waals surface area contributed by atoms with Crippen LogP contribution in [0.4, 0.5) is 5.69 Å². The first-order valence-electron chi connectivity index (χ1n) is 18.1. The minimum Gasteiger partial charge on any atom is -0.352 e. The Balaban J connectivity index is 1.20. The average molecular weight is 737 g/mol. The van der Waals surface area contributed by atoms with E-state index < -0.39 is 28.5 Å². The number of sulfonamides is 1. The van der Waals surface area contributed by atoms with Crippen molar-refractivity contribution in [2.24, 2.45) is 17.8 Å². The van der Waals surface area contributed by atoms with Crippen LogP contribution >= 0.6 is 23.2 Å². The van der Waals surface area contributed by atoms with Gasteiger partial charge in [-0.2, -0.15) is 0 Å². The van der Waals surface area contributed by atoms with Crippen molar-refractivity contribution in [2.75, 3.05) is 17.1 Å². The average Bonchev–Trinajstić information content (AvgIpc) is 3.59. The van der Waals surface area contributed by atoms with Crippen molar-refractivity contribution in [3.05, 3.63) is 99.5 Å². The molecule has 0 aliphatic heterocycles. The summed E-state index contributed by atoms with van der Waals surface area (Å²) in [4.78, 5) is 30.2. The van der Waals surface area contributed by atoms with Crippen molar-refractivity contribution in [3.8, 4) is 0 Å². The Kier molecular flexibility index (Phi) is 10.3. The molecule has 8 rings (SSSR count). The second-order valence-corrected chi connectivity index (χ2v) is 18.2. The van der Waals surface area contributed by atoms with Gasteiger partial charge in [-0.05, 0) is 110 Å². The van der Waals surface area contributed by atoms with E-state index >= 15 is 0 Å². The number of nitrogens with zero attached hydrogens (tertiary/aromatic N) is 2. The first kappa shape index (κ1) is 35.3. The number of carbonyl (C=O) groups is 2. The molecule has 0 spiro atoms. The summed E-state index contributed by atoms with van der Waals surface area (Å²) in [5.74, 6) is 1.58. The van der Waals surface area contributed by atoms with E-state index in [2.05, 4.69) is 17.4 Å². The van der Waals surface area contributed by atoms with Gasteiger partial charge in [-0.15, -0.1) is 0 Å². The van der Waals surface area contributed by atoms with Crippen LogP contribution in [0, 0.1) is 17.8 Å². The predicted octanol–water partition coefficient (Wildman–Crippen LogP) is 7.93. The van der Waals surface area contributed by atoms with E-state index in [1.165, 1.54) is 49.0 Å². The molecule has 3 aromatic rings. The molecule has 0 aromatic heterocycles. The first-order valence-corrected chi connectivity index (χ1v) is 20.7. The van der Waals surface area contributed by atoms with Gasteiger partial charge in [0.1, 0.15) is 12.6 Å². The number of anilines is 1. The van der Waals surface area contributed by atoms with Gasteiger partial charge in [-0.3, -0.25) is 13.9 Å². The van der Waals surface area contributed by atoms with E-state index in [1.807, 2.05) is 42.5 Å². The second-order valence-electron chi connectivity index (χ2n) is 15.4. The highest BCUT2D eigenvalue weighted by Crippen LogP contribution is 2.60. The number of hydrogen-bond donors (Lipinski definition) is 1. The third-order valence-corrected chi connectivity index (χ3v) is 13.7. The van der Waals surface area contributed by atoms with Gasteiger partial charge < -0.3 is 10.2 Å². The van der Waals surface area contributed by atoms with Gasteiger partial charge in [0.2, 0.25) is 21.8 Å². The topological polar surface area (TPSA) is 86.8 Å². The Bertz CT molecular complexity index is 1760. The quantitative estimate of drug-likeness (QED) is 0.205. The van der Waals surface area contributed by atoms with Crippen LogP contribution < -0.4 is 9.62 Å². The van der Waals surface area contributed by atoms with Gasteiger partial charge in [0, 0.05) is 34.6 Å². The summed E-state index contributed by atoms with van der Waals surface area (Å²) in [6.45, 7) is -0.533. The summed E-state index contributed by atoms with van der Waals surface area (Å²) in [5, 5.41) is 3.93. The molecule has 10 heteroatoms. The fraction of sp³-hybridized carbons (Fsp3) is 0.500. The van der Waals surface area contributed by atoms with Crippen LogP contribution in [-0.2, 0) is 38.0 Å². The molecule has 0 heterocycles. The maximum atomic E-state index is 14.6. The lowest BCUT2D eigenvalue weighted by Gasteiger charge is -2.57. The monoisotopic (exact) mass is 735 g/mol. The molecule has 7 nitrogen and oxygen atoms in total. The molecule has 5 fully saturated rings. The fourth-order valence-electron chi connectivity index (χ4n) is 9.83. The zero-order valence-corrected chi connectivity index (χ0v) is 31.0. The molecule has 50 heavy (non-hydrogen) atoms. The number of halogens is 2. The number of rotatable bonds is 12. The highest BCUT2D eigenvalue weighted by atomic mass is 35.5. The third kappa shape index (κ3) is 7.58. The number of nitrogens with one attached hydrogen (secondary N) is 1. The van der Waals surface area contributed by atoms with E-state index in [-0.39, 0.29) is 30.3 Å². The lowest BCUT2D eigenvalue weighted by atomic mass is 9.48. The molecule has 5 aliphatic rings. The molecule has 0 saturated heterocycles. The molecule has 1 N–H and O–H groups in total. The van der Waals surface area contributed by atoms with E-state index in [1.54, 1.807) is 18.2 Å². The van der Waals surface area contributed by atoms with Gasteiger partial charge in [0.15, 0.2) is 0 Å². The molecule has 1 atom stereocenters. The minimum absolute atomic E-state index is 0.0293. The van der Waals surface area contributed by atoms with Gasteiger partial charge in [-0.25, -0.2) is 8.42 Å². The highest BCUT2D eigenvalue weighted by Gasteiger charge is 2.51. The van der Waals surface area contributed by atoms with Crippen molar-refractivity contribution in [2.45, 2.75) is 94.7 Å². The SMILES string of the molecule is CS(=O)(=O)N(CC(=O)N(Cc1c(Cl)cccc1Cl)[C@@H](Cc1ccccc1)C(=O)NC1CCCC1)c1ccc(C23CC4CC(CC(C4)C2)C3)cc1. The Labute approximate surface area is 306 Å². The maximum Gasteiger partial charge on any atom is 0.244 e. The summed E-state index contributed by atoms with van der Waals surface area (Å²) in [6, 6.07) is 21.7. The van der Waals surface area contributed by atoms with E-state index in [0.29, 0.717) is 21.3 Å². The van der Waals surface area contributed by atoms with Crippen molar-refractivity contribution in [1.29, 1.82) is 0 Å². The van der Waals surface area contributed by atoms with Gasteiger partial charge in [0.05, 0.1) is 11.9 Å². The lowest BCUT2D eigenvalue weighted by molar-refractivity contribution is -0.140. The molecule has 3 aromatic carbocycles. The van der Waals surface area contributed by atoms with E-state index in [4.69, 9.17) is 23.2 Å². The van der Waals surface area contributed by atoms with Gasteiger partial charge in [0.25, 0.3) is 0 Å². The van der Waals surface area contributed by atoms with E-state index in [0.717, 1.165) is 59.6 Å². The lowest BCUT2D eigenvalue weighted by Crippen LogP contribution is -2.54. The molecule has 0 radical (unpaired) electrons. The second kappa shape index (κ2) is 14.5. The molecular formula is C40H47Cl2N3O4S. The maximum absolute atomic E-state index is 14.6. The summed E-state index contributed by atoms with van der Waals surface area (Å²) in [5.41, 5.74) is 3.26. The standard InChI is InChI=1S/C40H47Cl2N3O4S/c1-50(48,49)45(33-16-14-31(15-17-33)40-22-28-18-29(23-40)20-30(19-28)24-40)26-38(46)44(25-34-35(41)12-7-13-36(34)42)37(21-27-8-3-2-4-9-27)39(47)43-32-10-5-6-11-32/h2-4,7-9,12-17,28-30,32,37H,5-6,10-11,18-26H2,1H3,(H,43,47)/t28?,29?,30?,37-,40?/m0/s1. The van der Waals surface area contributed by atoms with Crippen molar-refractivity contribution in [3.63, 3.8) is 0 Å². The third-order valence-electron chi connectivity index (χ3n) is 11.8. The zero-order chi connectivity index (χ0) is 35.0. The molecule has 0 unspecified atom stereocenters. The first-order chi connectivity index (χ1) is 24.0. The highest BCUT2D eigenvalue weighted by molar-refractivity contribution is 7.92. The predicted molar refractivity (Wildman–Crippen MR) is 200 cm³/mol. The fourth-order valence-corrected chi connectivity index (χ4v) is 11.2. The Hall–Kier alpha value is -3.07. The molecule has 5 saturated carbocycles. The van der Waals surface area contributed by atoms with Crippen molar-refractivity contribution < 1.29 is 18.0 Å². The summed E-state index contributed by atoms with van der Waals surface area (Å²) in [7, 11) is -3.88. The number of carbonyl (C=O) groups excluding carboxylic acids is 2.